The number of hydrogen-bond donors (Lipinski definition) is 0. The average Bonchev–Trinajstić information content (AvgIpc) is 3.13. The van der Waals surface area contributed by atoms with Crippen LogP contribution in [0.25, 0.3) is 5.82 Å². The SMILES string of the molecule is FC1(F)C[C@H]2CN(Cc3ccc(-n4ccnc4)nc3)CCN2C1. The fourth-order valence-corrected chi connectivity index (χ4v) is 3.52. The number of pyridine rings is 1. The second kappa shape index (κ2) is 5.65. The lowest BCUT2D eigenvalue weighted by Crippen LogP contribution is -2.49. The first kappa shape index (κ1) is 14.7. The van der Waals surface area contributed by atoms with Crippen molar-refractivity contribution in [2.24, 2.45) is 0 Å². The Hall–Kier alpha value is -1.86. The molecule has 0 bridgehead atoms. The van der Waals surface area contributed by atoms with Gasteiger partial charge in [0.05, 0.1) is 6.54 Å². The lowest BCUT2D eigenvalue weighted by molar-refractivity contribution is 0.0119. The van der Waals surface area contributed by atoms with Gasteiger partial charge in [-0.3, -0.25) is 14.4 Å². The maximum absolute atomic E-state index is 13.5. The average molecular weight is 319 g/mol. The third kappa shape index (κ3) is 3.11. The van der Waals surface area contributed by atoms with Crippen molar-refractivity contribution >= 4 is 0 Å². The fraction of sp³-hybridized carbons (Fsp3) is 0.500. The van der Waals surface area contributed by atoms with E-state index in [2.05, 4.69) is 14.9 Å². The number of alkyl halides is 2. The smallest absolute Gasteiger partial charge is 0.262 e. The largest absolute Gasteiger partial charge is 0.296 e. The first-order chi connectivity index (χ1) is 11.1. The minimum absolute atomic E-state index is 0.0126. The lowest BCUT2D eigenvalue weighted by Gasteiger charge is -2.36. The lowest BCUT2D eigenvalue weighted by atomic mass is 10.1. The molecule has 0 aliphatic carbocycles. The van der Waals surface area contributed by atoms with Gasteiger partial charge in [0.1, 0.15) is 12.1 Å². The van der Waals surface area contributed by atoms with Gasteiger partial charge in [0.15, 0.2) is 0 Å². The van der Waals surface area contributed by atoms with Gasteiger partial charge in [-0.25, -0.2) is 18.7 Å². The molecule has 2 saturated heterocycles. The summed E-state index contributed by atoms with van der Waals surface area (Å²) in [4.78, 5) is 12.6. The van der Waals surface area contributed by atoms with Crippen LogP contribution in [0.2, 0.25) is 0 Å². The number of imidazole rings is 1. The molecule has 5 nitrogen and oxygen atoms in total. The van der Waals surface area contributed by atoms with E-state index in [4.69, 9.17) is 0 Å². The Kier molecular flexibility index (Phi) is 3.61. The van der Waals surface area contributed by atoms with Crippen LogP contribution in [-0.2, 0) is 6.54 Å². The van der Waals surface area contributed by atoms with E-state index >= 15 is 0 Å². The van der Waals surface area contributed by atoms with Crippen LogP contribution in [0.1, 0.15) is 12.0 Å². The standard InChI is InChI=1S/C16H19F2N5/c17-16(18)7-14-10-21(5-6-22(14)11-16)9-13-1-2-15(20-8-13)23-4-3-19-12-23/h1-4,8,12,14H,5-7,9-11H2/t14-/m0/s1. The van der Waals surface area contributed by atoms with Crippen LogP contribution in [0.3, 0.4) is 0 Å². The molecule has 7 heteroatoms. The minimum Gasteiger partial charge on any atom is -0.296 e. The summed E-state index contributed by atoms with van der Waals surface area (Å²) in [6.45, 7) is 2.94. The number of nitrogens with zero attached hydrogens (tertiary/aromatic N) is 5. The van der Waals surface area contributed by atoms with Gasteiger partial charge >= 0.3 is 0 Å². The van der Waals surface area contributed by atoms with Gasteiger partial charge < -0.3 is 0 Å². The highest BCUT2D eigenvalue weighted by molar-refractivity contribution is 5.25. The van der Waals surface area contributed by atoms with E-state index in [1.165, 1.54) is 0 Å². The van der Waals surface area contributed by atoms with Crippen LogP contribution in [0.5, 0.6) is 0 Å². The number of hydrogen-bond acceptors (Lipinski definition) is 4. The summed E-state index contributed by atoms with van der Waals surface area (Å²) in [5, 5.41) is 0. The van der Waals surface area contributed by atoms with E-state index in [1.807, 2.05) is 34.0 Å². The maximum atomic E-state index is 13.5. The highest BCUT2D eigenvalue weighted by Crippen LogP contribution is 2.34. The summed E-state index contributed by atoms with van der Waals surface area (Å²) >= 11 is 0. The van der Waals surface area contributed by atoms with Crippen molar-refractivity contribution in [2.75, 3.05) is 26.2 Å². The molecule has 122 valence electrons. The second-order valence-electron chi connectivity index (χ2n) is 6.41. The Morgan fingerprint density at radius 1 is 1.26 bits per heavy atom. The summed E-state index contributed by atoms with van der Waals surface area (Å²) in [6.07, 6.45) is 7.11. The molecule has 4 heterocycles. The third-order valence-electron chi connectivity index (χ3n) is 4.64. The third-order valence-corrected chi connectivity index (χ3v) is 4.64. The van der Waals surface area contributed by atoms with Crippen LogP contribution in [-0.4, -0.2) is 62.5 Å². The number of piperazine rings is 1. The fourth-order valence-electron chi connectivity index (χ4n) is 3.52. The molecule has 2 aromatic heterocycles. The molecule has 0 unspecified atom stereocenters. The van der Waals surface area contributed by atoms with Gasteiger partial charge in [-0.15, -0.1) is 0 Å². The Bertz CT molecular complexity index is 656. The first-order valence-electron chi connectivity index (χ1n) is 7.87. The Morgan fingerprint density at radius 2 is 2.17 bits per heavy atom. The summed E-state index contributed by atoms with van der Waals surface area (Å²) in [7, 11) is 0. The summed E-state index contributed by atoms with van der Waals surface area (Å²) in [6, 6.07) is 3.98. The highest BCUT2D eigenvalue weighted by Gasteiger charge is 2.46. The van der Waals surface area contributed by atoms with E-state index in [0.717, 1.165) is 31.0 Å². The van der Waals surface area contributed by atoms with E-state index in [0.29, 0.717) is 6.54 Å². The molecular formula is C16H19F2N5. The highest BCUT2D eigenvalue weighted by atomic mass is 19.3. The molecule has 0 amide bonds. The Labute approximate surface area is 133 Å². The van der Waals surface area contributed by atoms with E-state index in [-0.39, 0.29) is 19.0 Å². The number of halogens is 2. The van der Waals surface area contributed by atoms with Crippen LogP contribution in [0.15, 0.2) is 37.1 Å². The zero-order valence-corrected chi connectivity index (χ0v) is 12.8. The van der Waals surface area contributed by atoms with Crippen molar-refractivity contribution < 1.29 is 8.78 Å². The molecule has 2 fully saturated rings. The van der Waals surface area contributed by atoms with E-state index in [9.17, 15) is 8.78 Å². The van der Waals surface area contributed by atoms with E-state index in [1.54, 1.807) is 12.5 Å². The van der Waals surface area contributed by atoms with Gasteiger partial charge in [0, 0.05) is 57.2 Å². The molecule has 0 saturated carbocycles. The summed E-state index contributed by atoms with van der Waals surface area (Å²) in [5.41, 5.74) is 1.10. The van der Waals surface area contributed by atoms with Crippen LogP contribution >= 0.6 is 0 Å². The van der Waals surface area contributed by atoms with Gasteiger partial charge in [0.2, 0.25) is 0 Å². The topological polar surface area (TPSA) is 37.2 Å². The molecule has 2 aliphatic rings. The van der Waals surface area contributed by atoms with Gasteiger partial charge in [0.25, 0.3) is 5.92 Å². The van der Waals surface area contributed by atoms with Crippen molar-refractivity contribution in [1.29, 1.82) is 0 Å². The van der Waals surface area contributed by atoms with Crippen LogP contribution < -0.4 is 0 Å². The van der Waals surface area contributed by atoms with Crippen molar-refractivity contribution in [3.63, 3.8) is 0 Å². The van der Waals surface area contributed by atoms with Crippen molar-refractivity contribution in [2.45, 2.75) is 24.9 Å². The predicted molar refractivity (Wildman–Crippen MR) is 81.6 cm³/mol. The Morgan fingerprint density at radius 3 is 2.91 bits per heavy atom. The van der Waals surface area contributed by atoms with Crippen LogP contribution in [0.4, 0.5) is 8.78 Å². The van der Waals surface area contributed by atoms with Crippen molar-refractivity contribution in [1.82, 2.24) is 24.3 Å². The zero-order chi connectivity index (χ0) is 15.9. The molecule has 2 aliphatic heterocycles. The number of aromatic nitrogens is 3. The molecule has 1 atom stereocenters. The van der Waals surface area contributed by atoms with Gasteiger partial charge in [-0.2, -0.15) is 0 Å². The predicted octanol–water partition coefficient (Wildman–Crippen LogP) is 1.79. The molecule has 2 aromatic rings. The molecule has 4 rings (SSSR count). The van der Waals surface area contributed by atoms with Crippen molar-refractivity contribution in [3.8, 4) is 5.82 Å². The van der Waals surface area contributed by atoms with Gasteiger partial charge in [-0.1, -0.05) is 6.07 Å². The summed E-state index contributed by atoms with van der Waals surface area (Å²) in [5.74, 6) is -1.69. The van der Waals surface area contributed by atoms with Crippen molar-refractivity contribution in [3.05, 3.63) is 42.6 Å². The Balaban J connectivity index is 1.39. The normalized spacial score (nSPS) is 24.7. The quantitative estimate of drug-likeness (QED) is 0.864. The molecule has 0 N–H and O–H groups in total. The number of rotatable bonds is 3. The molecule has 0 aromatic carbocycles. The first-order valence-corrected chi connectivity index (χ1v) is 7.87. The molecule has 23 heavy (non-hydrogen) atoms. The second-order valence-corrected chi connectivity index (χ2v) is 6.41. The van der Waals surface area contributed by atoms with Crippen LogP contribution in [0, 0.1) is 0 Å². The zero-order valence-electron chi connectivity index (χ0n) is 12.8. The molecule has 0 spiro atoms. The monoisotopic (exact) mass is 319 g/mol. The van der Waals surface area contributed by atoms with E-state index < -0.39 is 5.92 Å². The van der Waals surface area contributed by atoms with Gasteiger partial charge in [-0.05, 0) is 11.6 Å². The molecular weight excluding hydrogens is 300 g/mol. The molecule has 0 radical (unpaired) electrons. The minimum atomic E-state index is -2.52. The maximum Gasteiger partial charge on any atom is 0.262 e. The summed E-state index contributed by atoms with van der Waals surface area (Å²) < 4.78 is 28.9. The number of fused-ring (bicyclic) bond motifs is 1.